The van der Waals surface area contributed by atoms with Crippen LogP contribution in [0.25, 0.3) is 0 Å². The number of carbonyl (C=O) groups is 2. The van der Waals surface area contributed by atoms with E-state index in [1.54, 1.807) is 0 Å². The second-order valence-electron chi connectivity index (χ2n) is 3.10. The van der Waals surface area contributed by atoms with Gasteiger partial charge in [-0.25, -0.2) is 4.79 Å². The van der Waals surface area contributed by atoms with Crippen molar-refractivity contribution < 1.29 is 24.9 Å². The Balaban J connectivity index is 2.75. The molecule has 4 N–H and O–H groups in total. The van der Waals surface area contributed by atoms with E-state index >= 15 is 0 Å². The van der Waals surface area contributed by atoms with Gasteiger partial charge in [0.25, 0.3) is 5.91 Å². The zero-order valence-electron chi connectivity index (χ0n) is 8.25. The number of carbonyl (C=O) groups excluding carboxylic acids is 1. The van der Waals surface area contributed by atoms with E-state index in [0.29, 0.717) is 0 Å². The number of aliphatic hydroxyl groups is 1. The molecule has 0 spiro atoms. The maximum Gasteiger partial charge on any atom is 0.328 e. The molecule has 0 aliphatic rings. The Morgan fingerprint density at radius 2 is 2.06 bits per heavy atom. The van der Waals surface area contributed by atoms with E-state index in [1.807, 2.05) is 0 Å². The molecule has 6 nitrogen and oxygen atoms in total. The van der Waals surface area contributed by atoms with Crippen LogP contribution in [0.4, 0.5) is 0 Å². The Morgan fingerprint density at radius 3 is 2.56 bits per heavy atom. The zero-order chi connectivity index (χ0) is 12.1. The second kappa shape index (κ2) is 5.13. The van der Waals surface area contributed by atoms with Gasteiger partial charge in [0, 0.05) is 5.56 Å². The van der Waals surface area contributed by atoms with Crippen molar-refractivity contribution in [3.05, 3.63) is 29.8 Å². The third-order valence-electron chi connectivity index (χ3n) is 1.89. The first kappa shape index (κ1) is 12.0. The third kappa shape index (κ3) is 2.96. The van der Waals surface area contributed by atoms with Crippen LogP contribution in [0.15, 0.2) is 24.3 Å². The first-order chi connectivity index (χ1) is 7.54. The number of phenolic OH excluding ortho intramolecular Hbond substituents is 1. The SMILES string of the molecule is O=C(N[C@@H](CO)C(=O)O)c1cccc(O)c1. The van der Waals surface area contributed by atoms with Crippen molar-refractivity contribution in [2.24, 2.45) is 0 Å². The van der Waals surface area contributed by atoms with Gasteiger partial charge in [-0.3, -0.25) is 4.79 Å². The zero-order valence-corrected chi connectivity index (χ0v) is 8.25. The minimum Gasteiger partial charge on any atom is -0.508 e. The van der Waals surface area contributed by atoms with Crippen LogP contribution in [-0.4, -0.2) is 39.8 Å². The number of benzene rings is 1. The number of carboxylic acids is 1. The summed E-state index contributed by atoms with van der Waals surface area (Å²) < 4.78 is 0. The average Bonchev–Trinajstić information content (AvgIpc) is 2.25. The molecule has 16 heavy (non-hydrogen) atoms. The Bertz CT molecular complexity index is 404. The molecular weight excluding hydrogens is 214 g/mol. The van der Waals surface area contributed by atoms with Crippen LogP contribution in [0.1, 0.15) is 10.4 Å². The Morgan fingerprint density at radius 1 is 1.38 bits per heavy atom. The fraction of sp³-hybridized carbons (Fsp3) is 0.200. The molecule has 0 unspecified atom stereocenters. The Labute approximate surface area is 91.1 Å². The smallest absolute Gasteiger partial charge is 0.328 e. The summed E-state index contributed by atoms with van der Waals surface area (Å²) in [6, 6.07) is 4.11. The molecule has 0 aliphatic heterocycles. The van der Waals surface area contributed by atoms with Crippen molar-refractivity contribution in [1.82, 2.24) is 5.32 Å². The number of amides is 1. The third-order valence-corrected chi connectivity index (χ3v) is 1.89. The summed E-state index contributed by atoms with van der Waals surface area (Å²) >= 11 is 0. The van der Waals surface area contributed by atoms with Crippen molar-refractivity contribution in [3.8, 4) is 5.75 Å². The number of rotatable bonds is 4. The normalized spacial score (nSPS) is 11.8. The minimum atomic E-state index is -1.35. The van der Waals surface area contributed by atoms with Crippen LogP contribution >= 0.6 is 0 Å². The van der Waals surface area contributed by atoms with Gasteiger partial charge >= 0.3 is 5.97 Å². The van der Waals surface area contributed by atoms with E-state index in [1.165, 1.54) is 24.3 Å². The highest BCUT2D eigenvalue weighted by molar-refractivity contribution is 5.96. The Kier molecular flexibility index (Phi) is 3.84. The molecule has 86 valence electrons. The molecule has 0 aliphatic carbocycles. The van der Waals surface area contributed by atoms with Crippen LogP contribution in [0.2, 0.25) is 0 Å². The van der Waals surface area contributed by atoms with Gasteiger partial charge in [-0.05, 0) is 18.2 Å². The fourth-order valence-electron chi connectivity index (χ4n) is 1.07. The number of phenols is 1. The molecular formula is C10H11NO5. The molecule has 0 saturated heterocycles. The highest BCUT2D eigenvalue weighted by Crippen LogP contribution is 2.10. The number of nitrogens with one attached hydrogen (secondary N) is 1. The van der Waals surface area contributed by atoms with Gasteiger partial charge in [-0.2, -0.15) is 0 Å². The van der Waals surface area contributed by atoms with Crippen LogP contribution in [0.5, 0.6) is 5.75 Å². The fourth-order valence-corrected chi connectivity index (χ4v) is 1.07. The predicted molar refractivity (Wildman–Crippen MR) is 54.1 cm³/mol. The molecule has 1 aromatic rings. The van der Waals surface area contributed by atoms with Gasteiger partial charge in [0.1, 0.15) is 5.75 Å². The van der Waals surface area contributed by atoms with E-state index in [4.69, 9.17) is 15.3 Å². The van der Waals surface area contributed by atoms with Crippen molar-refractivity contribution in [3.63, 3.8) is 0 Å². The summed E-state index contributed by atoms with van der Waals surface area (Å²) in [6.45, 7) is -0.695. The minimum absolute atomic E-state index is 0.0940. The number of aromatic hydroxyl groups is 1. The monoisotopic (exact) mass is 225 g/mol. The molecule has 0 radical (unpaired) electrons. The van der Waals surface area contributed by atoms with Crippen LogP contribution in [0, 0.1) is 0 Å². The molecule has 1 atom stereocenters. The number of aliphatic carboxylic acids is 1. The number of aliphatic hydroxyl groups excluding tert-OH is 1. The van der Waals surface area contributed by atoms with E-state index in [0.717, 1.165) is 0 Å². The van der Waals surface area contributed by atoms with Crippen LogP contribution < -0.4 is 5.32 Å². The summed E-state index contributed by atoms with van der Waals surface area (Å²) in [5, 5.41) is 28.5. The summed E-state index contributed by atoms with van der Waals surface area (Å²) in [7, 11) is 0. The topological polar surface area (TPSA) is 107 Å². The summed E-state index contributed by atoms with van der Waals surface area (Å²) in [6.07, 6.45) is 0. The van der Waals surface area contributed by atoms with E-state index in [2.05, 4.69) is 5.32 Å². The lowest BCUT2D eigenvalue weighted by molar-refractivity contribution is -0.140. The lowest BCUT2D eigenvalue weighted by atomic mass is 10.2. The van der Waals surface area contributed by atoms with Gasteiger partial charge < -0.3 is 20.6 Å². The predicted octanol–water partition coefficient (Wildman–Crippen LogP) is -0.433. The molecule has 0 fully saturated rings. The quantitative estimate of drug-likeness (QED) is 0.556. The molecule has 0 saturated carbocycles. The maximum atomic E-state index is 11.5. The standard InChI is InChI=1S/C10H11NO5/c12-5-8(10(15)16)11-9(14)6-2-1-3-7(13)4-6/h1-4,8,12-13H,5H2,(H,11,14)(H,15,16)/t8-/m0/s1. The summed E-state index contributed by atoms with van der Waals surface area (Å²) in [5.41, 5.74) is 0.125. The summed E-state index contributed by atoms with van der Waals surface area (Å²) in [5.74, 6) is -2.09. The first-order valence-corrected chi connectivity index (χ1v) is 4.48. The molecule has 1 rings (SSSR count). The van der Waals surface area contributed by atoms with Crippen molar-refractivity contribution in [2.75, 3.05) is 6.61 Å². The molecule has 0 heterocycles. The van der Waals surface area contributed by atoms with E-state index < -0.39 is 24.5 Å². The van der Waals surface area contributed by atoms with Gasteiger partial charge in [-0.1, -0.05) is 6.07 Å². The van der Waals surface area contributed by atoms with Gasteiger partial charge in [-0.15, -0.1) is 0 Å². The van der Waals surface area contributed by atoms with Crippen LogP contribution in [0.3, 0.4) is 0 Å². The highest BCUT2D eigenvalue weighted by Gasteiger charge is 2.19. The molecule has 1 aromatic carbocycles. The number of hydrogen-bond acceptors (Lipinski definition) is 4. The molecule has 6 heteroatoms. The maximum absolute atomic E-state index is 11.5. The van der Waals surface area contributed by atoms with E-state index in [-0.39, 0.29) is 11.3 Å². The average molecular weight is 225 g/mol. The first-order valence-electron chi connectivity index (χ1n) is 4.48. The lowest BCUT2D eigenvalue weighted by Gasteiger charge is -2.11. The van der Waals surface area contributed by atoms with Gasteiger partial charge in [0.05, 0.1) is 6.61 Å². The largest absolute Gasteiger partial charge is 0.508 e. The van der Waals surface area contributed by atoms with Gasteiger partial charge in [0.2, 0.25) is 0 Å². The molecule has 0 aromatic heterocycles. The molecule has 1 amide bonds. The summed E-state index contributed by atoms with van der Waals surface area (Å²) in [4.78, 5) is 22.0. The molecule has 0 bridgehead atoms. The van der Waals surface area contributed by atoms with E-state index in [9.17, 15) is 9.59 Å². The van der Waals surface area contributed by atoms with Gasteiger partial charge in [0.15, 0.2) is 6.04 Å². The van der Waals surface area contributed by atoms with Crippen molar-refractivity contribution >= 4 is 11.9 Å². The van der Waals surface area contributed by atoms with Crippen LogP contribution in [-0.2, 0) is 4.79 Å². The van der Waals surface area contributed by atoms with Crippen molar-refractivity contribution in [2.45, 2.75) is 6.04 Å². The van der Waals surface area contributed by atoms with Crippen molar-refractivity contribution in [1.29, 1.82) is 0 Å². The highest BCUT2D eigenvalue weighted by atomic mass is 16.4. The number of carboxylic acid groups (broad SMARTS) is 1. The second-order valence-corrected chi connectivity index (χ2v) is 3.10. The number of hydrogen-bond donors (Lipinski definition) is 4. The Hall–Kier alpha value is -2.08. The lowest BCUT2D eigenvalue weighted by Crippen LogP contribution is -2.43.